The summed E-state index contributed by atoms with van der Waals surface area (Å²) in [5.41, 5.74) is 0.983. The Morgan fingerprint density at radius 1 is 1.10 bits per heavy atom. The Balaban J connectivity index is 2.30. The molecule has 4 nitrogen and oxygen atoms in total. The molecular weight excluding hydrogens is 268 g/mol. The molecule has 0 saturated carbocycles. The molecule has 0 radical (unpaired) electrons. The molecule has 1 N–H and O–H groups in total. The number of ketones is 1. The topological polar surface area (TPSA) is 55.8 Å². The maximum absolute atomic E-state index is 12.3. The molecule has 0 amide bonds. The lowest BCUT2D eigenvalue weighted by Crippen LogP contribution is -1.99. The van der Waals surface area contributed by atoms with Gasteiger partial charge in [-0.05, 0) is 36.4 Å². The van der Waals surface area contributed by atoms with Crippen molar-refractivity contribution >= 4 is 11.9 Å². The first-order valence-electron chi connectivity index (χ1n) is 6.38. The molecule has 0 aliphatic heterocycles. The normalized spacial score (nSPS) is 10.6. The summed E-state index contributed by atoms with van der Waals surface area (Å²) in [6, 6.07) is 11.8. The van der Waals surface area contributed by atoms with Gasteiger partial charge < -0.3 is 14.6 Å². The van der Waals surface area contributed by atoms with Gasteiger partial charge >= 0.3 is 0 Å². The van der Waals surface area contributed by atoms with Crippen molar-refractivity contribution in [1.29, 1.82) is 0 Å². The molecule has 0 fully saturated rings. The van der Waals surface area contributed by atoms with Crippen LogP contribution in [-0.4, -0.2) is 25.1 Å². The summed E-state index contributed by atoms with van der Waals surface area (Å²) in [5.74, 6) is 0.950. The maximum Gasteiger partial charge on any atom is 0.189 e. The second-order valence-corrected chi connectivity index (χ2v) is 4.32. The fraction of sp³-hybridized carbons (Fsp3) is 0.118. The number of ether oxygens (including phenoxy) is 2. The summed E-state index contributed by atoms with van der Waals surface area (Å²) in [6.07, 6.45) is 2.96. The smallest absolute Gasteiger partial charge is 0.189 e. The van der Waals surface area contributed by atoms with Gasteiger partial charge in [0.15, 0.2) is 5.78 Å². The number of methoxy groups -OCH3 is 2. The SMILES string of the molecule is COc1ccc(OC)c(C(=O)/C=C/c2ccccc2O)c1. The van der Waals surface area contributed by atoms with Crippen LogP contribution < -0.4 is 9.47 Å². The van der Waals surface area contributed by atoms with E-state index >= 15 is 0 Å². The summed E-state index contributed by atoms with van der Waals surface area (Å²) >= 11 is 0. The van der Waals surface area contributed by atoms with E-state index in [4.69, 9.17) is 9.47 Å². The number of phenolic OH excluding ortho intramolecular Hbond substituents is 1. The van der Waals surface area contributed by atoms with Crippen molar-refractivity contribution in [2.75, 3.05) is 14.2 Å². The maximum atomic E-state index is 12.3. The number of hydrogen-bond donors (Lipinski definition) is 1. The minimum atomic E-state index is -0.228. The van der Waals surface area contributed by atoms with Crippen LogP contribution in [0.2, 0.25) is 0 Å². The van der Waals surface area contributed by atoms with E-state index in [2.05, 4.69) is 0 Å². The Hall–Kier alpha value is -2.75. The Morgan fingerprint density at radius 3 is 2.52 bits per heavy atom. The number of aromatic hydroxyl groups is 1. The van der Waals surface area contributed by atoms with Crippen molar-refractivity contribution in [3.63, 3.8) is 0 Å². The van der Waals surface area contributed by atoms with Gasteiger partial charge in [-0.15, -0.1) is 0 Å². The molecule has 0 unspecified atom stereocenters. The van der Waals surface area contributed by atoms with Crippen LogP contribution in [0.3, 0.4) is 0 Å². The van der Waals surface area contributed by atoms with Crippen molar-refractivity contribution in [1.82, 2.24) is 0 Å². The Kier molecular flexibility index (Phi) is 4.61. The largest absolute Gasteiger partial charge is 0.507 e. The van der Waals surface area contributed by atoms with E-state index in [0.717, 1.165) is 0 Å². The number of benzene rings is 2. The standard InChI is InChI=1S/C17H16O4/c1-20-13-8-10-17(21-2)14(11-13)16(19)9-7-12-5-3-4-6-15(12)18/h3-11,18H,1-2H3/b9-7+. The van der Waals surface area contributed by atoms with Gasteiger partial charge in [0.05, 0.1) is 19.8 Å². The van der Waals surface area contributed by atoms with Crippen LogP contribution in [0.15, 0.2) is 48.5 Å². The van der Waals surface area contributed by atoms with E-state index in [1.165, 1.54) is 20.3 Å². The van der Waals surface area contributed by atoms with Crippen LogP contribution in [0.4, 0.5) is 0 Å². The van der Waals surface area contributed by atoms with Crippen LogP contribution in [0.1, 0.15) is 15.9 Å². The first kappa shape index (κ1) is 14.7. The van der Waals surface area contributed by atoms with Crippen molar-refractivity contribution < 1.29 is 19.4 Å². The van der Waals surface area contributed by atoms with E-state index in [-0.39, 0.29) is 11.5 Å². The molecule has 108 valence electrons. The molecule has 0 atom stereocenters. The number of para-hydroxylation sites is 1. The minimum Gasteiger partial charge on any atom is -0.507 e. The van der Waals surface area contributed by atoms with Crippen LogP contribution in [-0.2, 0) is 0 Å². The third-order valence-corrected chi connectivity index (χ3v) is 3.02. The Morgan fingerprint density at radius 2 is 1.86 bits per heavy atom. The molecule has 0 aliphatic carbocycles. The molecule has 21 heavy (non-hydrogen) atoms. The lowest BCUT2D eigenvalue weighted by Gasteiger charge is -2.07. The molecule has 2 rings (SSSR count). The van der Waals surface area contributed by atoms with Crippen molar-refractivity contribution in [2.45, 2.75) is 0 Å². The molecule has 0 spiro atoms. The summed E-state index contributed by atoms with van der Waals surface area (Å²) in [6.45, 7) is 0. The van der Waals surface area contributed by atoms with Crippen LogP contribution in [0.25, 0.3) is 6.08 Å². The minimum absolute atomic E-state index is 0.124. The summed E-state index contributed by atoms with van der Waals surface area (Å²) in [7, 11) is 3.04. The number of hydrogen-bond acceptors (Lipinski definition) is 4. The van der Waals surface area contributed by atoms with Gasteiger partial charge in [-0.3, -0.25) is 4.79 Å². The van der Waals surface area contributed by atoms with Crippen molar-refractivity contribution in [2.24, 2.45) is 0 Å². The Bertz CT molecular complexity index is 674. The van der Waals surface area contributed by atoms with Gasteiger partial charge in [0.2, 0.25) is 0 Å². The average Bonchev–Trinajstić information content (AvgIpc) is 2.53. The second kappa shape index (κ2) is 6.61. The van der Waals surface area contributed by atoms with E-state index < -0.39 is 0 Å². The average molecular weight is 284 g/mol. The highest BCUT2D eigenvalue weighted by atomic mass is 16.5. The third kappa shape index (κ3) is 3.42. The number of carbonyl (C=O) groups is 1. The fourth-order valence-corrected chi connectivity index (χ4v) is 1.89. The zero-order chi connectivity index (χ0) is 15.2. The number of allylic oxidation sites excluding steroid dienone is 1. The monoisotopic (exact) mass is 284 g/mol. The molecule has 2 aromatic rings. The predicted molar refractivity (Wildman–Crippen MR) is 81.0 cm³/mol. The first-order chi connectivity index (χ1) is 10.2. The van der Waals surface area contributed by atoms with Gasteiger partial charge in [-0.1, -0.05) is 18.2 Å². The van der Waals surface area contributed by atoms with Crippen LogP contribution in [0.5, 0.6) is 17.2 Å². The number of carbonyl (C=O) groups excluding carboxylic acids is 1. The summed E-state index contributed by atoms with van der Waals surface area (Å²) in [5, 5.41) is 9.67. The zero-order valence-electron chi connectivity index (χ0n) is 11.9. The molecule has 0 saturated heterocycles. The number of rotatable bonds is 5. The predicted octanol–water partition coefficient (Wildman–Crippen LogP) is 3.31. The van der Waals surface area contributed by atoms with E-state index in [1.54, 1.807) is 48.5 Å². The van der Waals surface area contributed by atoms with E-state index in [1.807, 2.05) is 0 Å². The zero-order valence-corrected chi connectivity index (χ0v) is 11.9. The van der Waals surface area contributed by atoms with Gasteiger partial charge in [0.25, 0.3) is 0 Å². The quantitative estimate of drug-likeness (QED) is 0.676. The molecule has 0 aromatic heterocycles. The highest BCUT2D eigenvalue weighted by Gasteiger charge is 2.11. The highest BCUT2D eigenvalue weighted by Crippen LogP contribution is 2.25. The highest BCUT2D eigenvalue weighted by molar-refractivity contribution is 6.09. The number of phenols is 1. The summed E-state index contributed by atoms with van der Waals surface area (Å²) in [4.78, 5) is 12.3. The van der Waals surface area contributed by atoms with Crippen molar-refractivity contribution in [3.05, 3.63) is 59.7 Å². The Labute approximate surface area is 123 Å². The van der Waals surface area contributed by atoms with E-state index in [9.17, 15) is 9.90 Å². The molecule has 0 bridgehead atoms. The van der Waals surface area contributed by atoms with E-state index in [0.29, 0.717) is 22.6 Å². The van der Waals surface area contributed by atoms with Crippen LogP contribution in [0, 0.1) is 0 Å². The fourth-order valence-electron chi connectivity index (χ4n) is 1.89. The van der Waals surface area contributed by atoms with Gasteiger partial charge in [-0.2, -0.15) is 0 Å². The van der Waals surface area contributed by atoms with Crippen LogP contribution >= 0.6 is 0 Å². The molecule has 2 aromatic carbocycles. The molecule has 4 heteroatoms. The third-order valence-electron chi connectivity index (χ3n) is 3.02. The summed E-state index contributed by atoms with van der Waals surface area (Å²) < 4.78 is 10.3. The lowest BCUT2D eigenvalue weighted by atomic mass is 10.1. The van der Waals surface area contributed by atoms with Crippen molar-refractivity contribution in [3.8, 4) is 17.2 Å². The molecular formula is C17H16O4. The van der Waals surface area contributed by atoms with Gasteiger partial charge in [0.1, 0.15) is 17.2 Å². The molecule has 0 aliphatic rings. The molecule has 0 heterocycles. The first-order valence-corrected chi connectivity index (χ1v) is 6.38. The van der Waals surface area contributed by atoms with Gasteiger partial charge in [-0.25, -0.2) is 0 Å². The lowest BCUT2D eigenvalue weighted by molar-refractivity contribution is 0.104. The van der Waals surface area contributed by atoms with Gasteiger partial charge in [0, 0.05) is 5.56 Å². The second-order valence-electron chi connectivity index (χ2n) is 4.32.